The lowest BCUT2D eigenvalue weighted by Crippen LogP contribution is -2.30. The highest BCUT2D eigenvalue weighted by Crippen LogP contribution is 2.28. The highest BCUT2D eigenvalue weighted by atomic mass is 32.2. The number of likely N-dealkylation sites (tertiary alicyclic amines) is 1. The van der Waals surface area contributed by atoms with Crippen molar-refractivity contribution in [3.05, 3.63) is 90.8 Å². The number of piperidine rings is 1. The van der Waals surface area contributed by atoms with Gasteiger partial charge in [-0.05, 0) is 99.9 Å². The monoisotopic (exact) mass is 579 g/mol. The van der Waals surface area contributed by atoms with Crippen molar-refractivity contribution in [3.8, 4) is 17.0 Å². The Labute approximate surface area is 238 Å². The van der Waals surface area contributed by atoms with Crippen LogP contribution in [0.25, 0.3) is 11.3 Å². The molecule has 3 aromatic carbocycles. The maximum absolute atomic E-state index is 14.8. The number of rotatable bonds is 10. The molecule has 2 N–H and O–H groups in total. The summed E-state index contributed by atoms with van der Waals surface area (Å²) in [6.45, 7) is 2.66. The van der Waals surface area contributed by atoms with Crippen LogP contribution < -0.4 is 14.8 Å². The molecule has 0 radical (unpaired) electrons. The SMILES string of the molecule is CN1CCC(CCOc2ccc(-c3cc(Nc4ccc(NS(=O)(=O)c5ccccc5F)cc4)ncn3)cc2F)CC1. The highest BCUT2D eigenvalue weighted by molar-refractivity contribution is 7.92. The van der Waals surface area contributed by atoms with Crippen molar-refractivity contribution >= 4 is 27.2 Å². The summed E-state index contributed by atoms with van der Waals surface area (Å²) in [7, 11) is -1.95. The zero-order valence-electron chi connectivity index (χ0n) is 22.6. The number of anilines is 3. The lowest BCUT2D eigenvalue weighted by molar-refractivity contribution is 0.185. The lowest BCUT2D eigenvalue weighted by Gasteiger charge is -2.28. The van der Waals surface area contributed by atoms with Crippen LogP contribution in [0.3, 0.4) is 0 Å². The molecule has 0 amide bonds. The number of ether oxygens (including phenoxy) is 1. The summed E-state index contributed by atoms with van der Waals surface area (Å²) in [5.41, 5.74) is 2.00. The van der Waals surface area contributed by atoms with Crippen molar-refractivity contribution in [2.24, 2.45) is 5.92 Å². The first-order valence-corrected chi connectivity index (χ1v) is 14.8. The van der Waals surface area contributed by atoms with Crippen molar-refractivity contribution < 1.29 is 21.9 Å². The van der Waals surface area contributed by atoms with Crippen LogP contribution in [0.15, 0.2) is 84.0 Å². The summed E-state index contributed by atoms with van der Waals surface area (Å²) in [6.07, 6.45) is 4.57. The molecule has 1 fully saturated rings. The molecule has 0 spiro atoms. The third-order valence-electron chi connectivity index (χ3n) is 7.05. The van der Waals surface area contributed by atoms with Crippen LogP contribution in [0.2, 0.25) is 0 Å². The topological polar surface area (TPSA) is 96.5 Å². The van der Waals surface area contributed by atoms with Gasteiger partial charge in [0.15, 0.2) is 11.6 Å². The van der Waals surface area contributed by atoms with Crippen LogP contribution >= 0.6 is 0 Å². The molecule has 0 atom stereocenters. The van der Waals surface area contributed by atoms with E-state index in [-0.39, 0.29) is 11.4 Å². The second-order valence-corrected chi connectivity index (χ2v) is 11.7. The van der Waals surface area contributed by atoms with Gasteiger partial charge in [-0.1, -0.05) is 12.1 Å². The third-order valence-corrected chi connectivity index (χ3v) is 8.47. The second kappa shape index (κ2) is 12.6. The van der Waals surface area contributed by atoms with E-state index < -0.39 is 26.6 Å². The van der Waals surface area contributed by atoms with Crippen LogP contribution in [-0.4, -0.2) is 50.0 Å². The van der Waals surface area contributed by atoms with Crippen molar-refractivity contribution in [2.75, 3.05) is 36.8 Å². The molecule has 1 aliphatic rings. The van der Waals surface area contributed by atoms with E-state index in [1.165, 1.54) is 30.6 Å². The maximum Gasteiger partial charge on any atom is 0.264 e. The first kappa shape index (κ1) is 28.4. The molecule has 5 rings (SSSR count). The fraction of sp³-hybridized carbons (Fsp3) is 0.267. The molecule has 2 heterocycles. The lowest BCUT2D eigenvalue weighted by atomic mass is 9.94. The molecule has 0 unspecified atom stereocenters. The average molecular weight is 580 g/mol. The van der Waals surface area contributed by atoms with Crippen molar-refractivity contribution in [1.82, 2.24) is 14.9 Å². The number of benzene rings is 3. The van der Waals surface area contributed by atoms with Crippen LogP contribution in [-0.2, 0) is 10.0 Å². The molecule has 214 valence electrons. The van der Waals surface area contributed by atoms with Crippen molar-refractivity contribution in [1.29, 1.82) is 0 Å². The summed E-state index contributed by atoms with van der Waals surface area (Å²) in [6, 6.07) is 18.0. The number of hydrogen-bond acceptors (Lipinski definition) is 7. The molecule has 0 saturated carbocycles. The first-order valence-electron chi connectivity index (χ1n) is 13.3. The quantitative estimate of drug-likeness (QED) is 0.235. The minimum absolute atomic E-state index is 0.222. The zero-order valence-corrected chi connectivity index (χ0v) is 23.4. The summed E-state index contributed by atoms with van der Waals surface area (Å²) in [5, 5.41) is 3.12. The zero-order chi connectivity index (χ0) is 28.8. The smallest absolute Gasteiger partial charge is 0.264 e. The van der Waals surface area contributed by atoms with Gasteiger partial charge in [0, 0.05) is 23.0 Å². The van der Waals surface area contributed by atoms with Crippen LogP contribution in [0, 0.1) is 17.6 Å². The summed E-state index contributed by atoms with van der Waals surface area (Å²) >= 11 is 0. The van der Waals surface area contributed by atoms with E-state index >= 15 is 0 Å². The molecule has 1 aromatic heterocycles. The van der Waals surface area contributed by atoms with Gasteiger partial charge < -0.3 is 15.0 Å². The minimum Gasteiger partial charge on any atom is -0.491 e. The molecule has 8 nitrogen and oxygen atoms in total. The standard InChI is InChI=1S/C30H31F2N5O3S/c1-37-15-12-21(13-16-37)14-17-40-28-11-6-22(18-26(28)32)27-19-30(34-20-33-27)35-23-7-9-24(10-8-23)36-41(38,39)29-5-3-2-4-25(29)31/h2-11,18-21,36H,12-17H2,1H3,(H,33,34,35). The van der Waals surface area contributed by atoms with Gasteiger partial charge in [0.1, 0.15) is 22.9 Å². The fourth-order valence-corrected chi connectivity index (χ4v) is 5.83. The van der Waals surface area contributed by atoms with Crippen molar-refractivity contribution in [2.45, 2.75) is 24.2 Å². The van der Waals surface area contributed by atoms with E-state index in [4.69, 9.17) is 4.74 Å². The van der Waals surface area contributed by atoms with E-state index in [1.54, 1.807) is 42.5 Å². The van der Waals surface area contributed by atoms with Gasteiger partial charge in [-0.3, -0.25) is 4.72 Å². The van der Waals surface area contributed by atoms with Gasteiger partial charge in [-0.2, -0.15) is 0 Å². The fourth-order valence-electron chi connectivity index (χ4n) is 4.69. The predicted molar refractivity (Wildman–Crippen MR) is 155 cm³/mol. The number of halogens is 2. The van der Waals surface area contributed by atoms with E-state index in [0.29, 0.717) is 35.3 Å². The van der Waals surface area contributed by atoms with Gasteiger partial charge in [0.2, 0.25) is 0 Å². The number of aromatic nitrogens is 2. The normalized spacial score (nSPS) is 14.5. The van der Waals surface area contributed by atoms with Gasteiger partial charge in [0.25, 0.3) is 10.0 Å². The number of sulfonamides is 1. The Balaban J connectivity index is 1.19. The van der Waals surface area contributed by atoms with Gasteiger partial charge in [-0.15, -0.1) is 0 Å². The minimum atomic E-state index is -4.08. The molecular formula is C30H31F2N5O3S. The summed E-state index contributed by atoms with van der Waals surface area (Å²) in [4.78, 5) is 10.4. The molecular weight excluding hydrogens is 548 g/mol. The second-order valence-electron chi connectivity index (χ2n) is 10.1. The van der Waals surface area contributed by atoms with Crippen LogP contribution in [0.1, 0.15) is 19.3 Å². The van der Waals surface area contributed by atoms with Gasteiger partial charge in [-0.25, -0.2) is 27.2 Å². The summed E-state index contributed by atoms with van der Waals surface area (Å²) < 4.78 is 61.9. The number of nitrogens with zero attached hydrogens (tertiary/aromatic N) is 3. The first-order chi connectivity index (χ1) is 19.8. The highest BCUT2D eigenvalue weighted by Gasteiger charge is 2.19. The molecule has 1 saturated heterocycles. The molecule has 0 aliphatic carbocycles. The third kappa shape index (κ3) is 7.36. The number of nitrogens with one attached hydrogen (secondary N) is 2. The van der Waals surface area contributed by atoms with Gasteiger partial charge >= 0.3 is 0 Å². The van der Waals surface area contributed by atoms with E-state index in [1.807, 2.05) is 0 Å². The van der Waals surface area contributed by atoms with Crippen molar-refractivity contribution in [3.63, 3.8) is 0 Å². The molecule has 1 aliphatic heterocycles. The molecule has 4 aromatic rings. The predicted octanol–water partition coefficient (Wildman–Crippen LogP) is 6.08. The van der Waals surface area contributed by atoms with Crippen LogP contribution in [0.5, 0.6) is 5.75 Å². The Bertz CT molecular complexity index is 1590. The molecule has 0 bridgehead atoms. The summed E-state index contributed by atoms with van der Waals surface area (Å²) in [5.74, 6) is 0.0172. The molecule has 11 heteroatoms. The van der Waals surface area contributed by atoms with E-state index in [9.17, 15) is 17.2 Å². The molecule has 41 heavy (non-hydrogen) atoms. The van der Waals surface area contributed by atoms with Crippen LogP contribution in [0.4, 0.5) is 26.0 Å². The largest absolute Gasteiger partial charge is 0.491 e. The Hall–Kier alpha value is -4.09. The Morgan fingerprint density at radius 2 is 1.66 bits per heavy atom. The average Bonchev–Trinajstić information content (AvgIpc) is 2.96. The Kier molecular flexibility index (Phi) is 8.75. The van der Waals surface area contributed by atoms with E-state index in [0.717, 1.165) is 38.4 Å². The maximum atomic E-state index is 14.8. The van der Waals surface area contributed by atoms with E-state index in [2.05, 4.69) is 32.0 Å². The van der Waals surface area contributed by atoms with Gasteiger partial charge in [0.05, 0.1) is 12.3 Å². The Morgan fingerprint density at radius 3 is 2.39 bits per heavy atom. The Morgan fingerprint density at radius 1 is 0.927 bits per heavy atom. The number of hydrogen-bond donors (Lipinski definition) is 2.